The maximum Gasteiger partial charge on any atom is 0.123 e. The van der Waals surface area contributed by atoms with E-state index >= 15 is 0 Å². The fourth-order valence-corrected chi connectivity index (χ4v) is 3.42. The van der Waals surface area contributed by atoms with Crippen LogP contribution in [-0.2, 0) is 6.42 Å². The highest BCUT2D eigenvalue weighted by Crippen LogP contribution is 2.41. The van der Waals surface area contributed by atoms with Gasteiger partial charge in [0.1, 0.15) is 5.75 Å². The second-order valence-electron chi connectivity index (χ2n) is 6.10. The summed E-state index contributed by atoms with van der Waals surface area (Å²) in [6.07, 6.45) is 3.23. The van der Waals surface area contributed by atoms with Gasteiger partial charge in [-0.15, -0.1) is 0 Å². The molecular formula is C22H18O. The lowest BCUT2D eigenvalue weighted by molar-refractivity contribution is 0.477. The highest BCUT2D eigenvalue weighted by atomic mass is 16.3. The van der Waals surface area contributed by atoms with E-state index < -0.39 is 0 Å². The number of allylic oxidation sites excluding steroid dienone is 1. The van der Waals surface area contributed by atoms with Crippen LogP contribution in [0.25, 0.3) is 28.3 Å². The topological polar surface area (TPSA) is 20.2 Å². The van der Waals surface area contributed by atoms with E-state index in [1.807, 2.05) is 24.3 Å². The third kappa shape index (κ3) is 2.35. The van der Waals surface area contributed by atoms with E-state index in [-0.39, 0.29) is 0 Å². The Hall–Kier alpha value is -2.80. The number of phenols is 1. The maximum absolute atomic E-state index is 10.2. The first-order chi connectivity index (χ1) is 11.2. The molecule has 1 N–H and O–H groups in total. The van der Waals surface area contributed by atoms with Crippen LogP contribution in [0.15, 0.2) is 72.3 Å². The predicted octanol–water partition coefficient (Wildman–Crippen LogP) is 5.69. The average Bonchev–Trinajstić information content (AvgIpc) is 2.97. The third-order valence-corrected chi connectivity index (χ3v) is 4.48. The second kappa shape index (κ2) is 5.44. The minimum atomic E-state index is 0.333. The number of hydrogen-bond donors (Lipinski definition) is 1. The van der Waals surface area contributed by atoms with Crippen molar-refractivity contribution in [2.45, 2.75) is 13.3 Å². The molecule has 0 amide bonds. The first-order valence-corrected chi connectivity index (χ1v) is 7.91. The molecule has 0 bridgehead atoms. The summed E-state index contributed by atoms with van der Waals surface area (Å²) < 4.78 is 0. The largest absolute Gasteiger partial charge is 0.507 e. The van der Waals surface area contributed by atoms with E-state index in [9.17, 15) is 5.11 Å². The second-order valence-corrected chi connectivity index (χ2v) is 6.10. The smallest absolute Gasteiger partial charge is 0.123 e. The van der Waals surface area contributed by atoms with Crippen LogP contribution in [0.3, 0.4) is 0 Å². The van der Waals surface area contributed by atoms with Crippen LogP contribution >= 0.6 is 0 Å². The summed E-state index contributed by atoms with van der Waals surface area (Å²) >= 11 is 0. The summed E-state index contributed by atoms with van der Waals surface area (Å²) in [6.45, 7) is 2.17. The number of hydrogen-bond acceptors (Lipinski definition) is 1. The molecule has 4 rings (SSSR count). The zero-order valence-electron chi connectivity index (χ0n) is 13.1. The standard InChI is InChI=1S/C22H18O/c1-15-13-20-17(16-7-3-2-4-8-16)11-12-18(21(20)14-15)19-9-5-6-10-22(19)23/h2-12,14,23H,13H2,1H3. The van der Waals surface area contributed by atoms with Crippen molar-refractivity contribution in [3.63, 3.8) is 0 Å². The molecule has 1 nitrogen and oxygen atoms in total. The normalized spacial score (nSPS) is 12.8. The summed E-state index contributed by atoms with van der Waals surface area (Å²) in [6, 6.07) is 22.4. The molecule has 1 aliphatic rings. The van der Waals surface area contributed by atoms with Crippen LogP contribution in [0, 0.1) is 0 Å². The Bertz CT molecular complexity index is 905. The fraction of sp³-hybridized carbons (Fsp3) is 0.0909. The Morgan fingerprint density at radius 2 is 1.43 bits per heavy atom. The maximum atomic E-state index is 10.2. The molecule has 0 aliphatic heterocycles. The van der Waals surface area contributed by atoms with Crippen LogP contribution in [0.4, 0.5) is 0 Å². The lowest BCUT2D eigenvalue weighted by Crippen LogP contribution is -1.93. The summed E-state index contributed by atoms with van der Waals surface area (Å²) in [4.78, 5) is 0. The third-order valence-electron chi connectivity index (χ3n) is 4.48. The summed E-state index contributed by atoms with van der Waals surface area (Å²) in [5, 5.41) is 10.2. The number of benzene rings is 3. The van der Waals surface area contributed by atoms with E-state index in [0.717, 1.165) is 17.5 Å². The van der Waals surface area contributed by atoms with Crippen LogP contribution < -0.4 is 0 Å². The van der Waals surface area contributed by atoms with Crippen LogP contribution in [0.2, 0.25) is 0 Å². The highest BCUT2D eigenvalue weighted by molar-refractivity contribution is 5.88. The Morgan fingerprint density at radius 1 is 0.739 bits per heavy atom. The zero-order valence-corrected chi connectivity index (χ0v) is 13.1. The van der Waals surface area contributed by atoms with Gasteiger partial charge in [0.2, 0.25) is 0 Å². The average molecular weight is 298 g/mol. The molecule has 112 valence electrons. The molecule has 0 unspecified atom stereocenters. The van der Waals surface area contributed by atoms with Gasteiger partial charge in [0.05, 0.1) is 0 Å². The molecule has 3 aromatic carbocycles. The number of aromatic hydroxyl groups is 1. The van der Waals surface area contributed by atoms with E-state index in [1.54, 1.807) is 6.07 Å². The number of phenolic OH excluding ortho intramolecular Hbond substituents is 1. The number of fused-ring (bicyclic) bond motifs is 1. The van der Waals surface area contributed by atoms with Crippen molar-refractivity contribution in [2.75, 3.05) is 0 Å². The molecule has 1 aliphatic carbocycles. The molecule has 0 heterocycles. The van der Waals surface area contributed by atoms with Gasteiger partial charge in [-0.3, -0.25) is 0 Å². The fourth-order valence-electron chi connectivity index (χ4n) is 3.42. The Labute approximate surface area is 136 Å². The van der Waals surface area contributed by atoms with Crippen molar-refractivity contribution < 1.29 is 5.11 Å². The van der Waals surface area contributed by atoms with Gasteiger partial charge in [0.15, 0.2) is 0 Å². The summed E-state index contributed by atoms with van der Waals surface area (Å²) in [7, 11) is 0. The monoisotopic (exact) mass is 298 g/mol. The molecule has 0 fully saturated rings. The lowest BCUT2D eigenvalue weighted by Gasteiger charge is -2.14. The van der Waals surface area contributed by atoms with Crippen molar-refractivity contribution in [2.24, 2.45) is 0 Å². The molecule has 0 radical (unpaired) electrons. The zero-order chi connectivity index (χ0) is 15.8. The van der Waals surface area contributed by atoms with Crippen LogP contribution in [0.1, 0.15) is 18.1 Å². The summed E-state index contributed by atoms with van der Waals surface area (Å²) in [5.74, 6) is 0.333. The molecule has 0 aromatic heterocycles. The Kier molecular flexibility index (Phi) is 3.27. The van der Waals surface area contributed by atoms with Crippen molar-refractivity contribution in [1.82, 2.24) is 0 Å². The molecule has 0 saturated carbocycles. The van der Waals surface area contributed by atoms with Gasteiger partial charge in [0, 0.05) is 5.56 Å². The molecule has 0 atom stereocenters. The van der Waals surface area contributed by atoms with Crippen LogP contribution in [0.5, 0.6) is 5.75 Å². The van der Waals surface area contributed by atoms with Gasteiger partial charge in [-0.1, -0.05) is 72.3 Å². The summed E-state index contributed by atoms with van der Waals surface area (Å²) in [5.41, 5.74) is 8.49. The lowest BCUT2D eigenvalue weighted by atomic mass is 9.90. The van der Waals surface area contributed by atoms with Gasteiger partial charge >= 0.3 is 0 Å². The van der Waals surface area contributed by atoms with Crippen molar-refractivity contribution in [3.8, 4) is 28.0 Å². The Balaban J connectivity index is 1.95. The molecule has 23 heavy (non-hydrogen) atoms. The molecule has 0 saturated heterocycles. The Morgan fingerprint density at radius 3 is 2.22 bits per heavy atom. The van der Waals surface area contributed by atoms with E-state index in [0.29, 0.717) is 5.75 Å². The van der Waals surface area contributed by atoms with Gasteiger partial charge in [-0.05, 0) is 47.2 Å². The predicted molar refractivity (Wildman–Crippen MR) is 96.3 cm³/mol. The first-order valence-electron chi connectivity index (χ1n) is 7.91. The number of rotatable bonds is 2. The molecule has 3 aromatic rings. The molecule has 1 heteroatoms. The van der Waals surface area contributed by atoms with E-state index in [1.165, 1.54) is 27.8 Å². The molecular weight excluding hydrogens is 280 g/mol. The van der Waals surface area contributed by atoms with E-state index in [4.69, 9.17) is 0 Å². The minimum absolute atomic E-state index is 0.333. The van der Waals surface area contributed by atoms with Crippen LogP contribution in [-0.4, -0.2) is 5.11 Å². The minimum Gasteiger partial charge on any atom is -0.507 e. The first kappa shape index (κ1) is 13.8. The van der Waals surface area contributed by atoms with E-state index in [2.05, 4.69) is 49.4 Å². The van der Waals surface area contributed by atoms with Crippen molar-refractivity contribution >= 4 is 6.08 Å². The van der Waals surface area contributed by atoms with Crippen molar-refractivity contribution in [1.29, 1.82) is 0 Å². The van der Waals surface area contributed by atoms with Gasteiger partial charge in [0.25, 0.3) is 0 Å². The van der Waals surface area contributed by atoms with Gasteiger partial charge in [-0.2, -0.15) is 0 Å². The number of para-hydroxylation sites is 1. The highest BCUT2D eigenvalue weighted by Gasteiger charge is 2.20. The van der Waals surface area contributed by atoms with Crippen molar-refractivity contribution in [3.05, 3.63) is 83.4 Å². The molecule has 0 spiro atoms. The SMILES string of the molecule is CC1=Cc2c(-c3ccccc3O)ccc(-c3ccccc3)c2C1. The van der Waals surface area contributed by atoms with Gasteiger partial charge < -0.3 is 5.11 Å². The quantitative estimate of drug-likeness (QED) is 0.644. The van der Waals surface area contributed by atoms with Gasteiger partial charge in [-0.25, -0.2) is 0 Å².